The summed E-state index contributed by atoms with van der Waals surface area (Å²) in [4.78, 5) is 22.9. The number of ether oxygens (including phenoxy) is 2. The fourth-order valence-electron chi connectivity index (χ4n) is 2.01. The third kappa shape index (κ3) is 4.95. The largest absolute Gasteiger partial charge is 0.482 e. The van der Waals surface area contributed by atoms with Crippen LogP contribution in [0.25, 0.3) is 0 Å². The molecule has 0 fully saturated rings. The predicted octanol–water partition coefficient (Wildman–Crippen LogP) is 4.00. The second-order valence-electron chi connectivity index (χ2n) is 5.57. The molecule has 4 nitrogen and oxygen atoms in total. The van der Waals surface area contributed by atoms with E-state index < -0.39 is 5.97 Å². The van der Waals surface area contributed by atoms with Crippen LogP contribution in [-0.2, 0) is 4.79 Å². The number of ketones is 1. The Hall–Kier alpha value is -2.62. The Morgan fingerprint density at radius 2 is 1.48 bits per heavy atom. The number of hydrogen-bond donors (Lipinski definition) is 0. The van der Waals surface area contributed by atoms with Gasteiger partial charge < -0.3 is 9.47 Å². The molecule has 0 amide bonds. The summed E-state index contributed by atoms with van der Waals surface area (Å²) >= 11 is 0. The molecule has 0 saturated carbocycles. The van der Waals surface area contributed by atoms with Crippen molar-refractivity contribution in [2.45, 2.75) is 26.7 Å². The molecule has 23 heavy (non-hydrogen) atoms. The van der Waals surface area contributed by atoms with Gasteiger partial charge in [0.1, 0.15) is 11.5 Å². The Bertz CT molecular complexity index is 670. The number of carbonyl (C=O) groups excluding carboxylic acids is 2. The highest BCUT2D eigenvalue weighted by Crippen LogP contribution is 2.19. The van der Waals surface area contributed by atoms with Crippen LogP contribution in [0.5, 0.6) is 11.5 Å². The molecule has 2 rings (SSSR count). The van der Waals surface area contributed by atoms with Gasteiger partial charge in [-0.2, -0.15) is 0 Å². The zero-order valence-corrected chi connectivity index (χ0v) is 13.5. The van der Waals surface area contributed by atoms with Crippen molar-refractivity contribution in [3.8, 4) is 11.5 Å². The van der Waals surface area contributed by atoms with Crippen molar-refractivity contribution in [1.82, 2.24) is 0 Å². The lowest BCUT2D eigenvalue weighted by Crippen LogP contribution is -2.17. The van der Waals surface area contributed by atoms with Crippen molar-refractivity contribution in [3.05, 3.63) is 59.7 Å². The highest BCUT2D eigenvalue weighted by molar-refractivity contribution is 5.94. The van der Waals surface area contributed by atoms with E-state index in [0.29, 0.717) is 23.0 Å². The zero-order chi connectivity index (χ0) is 16.8. The van der Waals surface area contributed by atoms with Crippen LogP contribution in [0.2, 0.25) is 0 Å². The first-order valence-electron chi connectivity index (χ1n) is 7.50. The van der Waals surface area contributed by atoms with Crippen LogP contribution in [0.3, 0.4) is 0 Å². The van der Waals surface area contributed by atoms with Crippen LogP contribution in [0.1, 0.15) is 42.6 Å². The van der Waals surface area contributed by atoms with Gasteiger partial charge in [-0.25, -0.2) is 4.79 Å². The molecule has 0 bridgehead atoms. The smallest absolute Gasteiger partial charge is 0.349 e. The Morgan fingerprint density at radius 3 is 2.00 bits per heavy atom. The fourth-order valence-corrected chi connectivity index (χ4v) is 2.01. The van der Waals surface area contributed by atoms with Gasteiger partial charge in [-0.1, -0.05) is 26.0 Å². The second kappa shape index (κ2) is 7.58. The van der Waals surface area contributed by atoms with E-state index in [4.69, 9.17) is 9.47 Å². The van der Waals surface area contributed by atoms with Crippen molar-refractivity contribution >= 4 is 11.8 Å². The number of hydrogen-bond acceptors (Lipinski definition) is 4. The predicted molar refractivity (Wildman–Crippen MR) is 88.1 cm³/mol. The molecule has 0 N–H and O–H groups in total. The molecule has 0 spiro atoms. The third-order valence-electron chi connectivity index (χ3n) is 3.40. The summed E-state index contributed by atoms with van der Waals surface area (Å²) in [5, 5.41) is 0. The molecule has 2 aromatic rings. The first kappa shape index (κ1) is 16.7. The lowest BCUT2D eigenvalue weighted by Gasteiger charge is -2.09. The molecule has 4 heteroatoms. The van der Waals surface area contributed by atoms with Gasteiger partial charge in [0.15, 0.2) is 12.4 Å². The first-order valence-corrected chi connectivity index (χ1v) is 7.50. The average Bonchev–Trinajstić information content (AvgIpc) is 2.54. The minimum absolute atomic E-state index is 0.0314. The Balaban J connectivity index is 1.86. The number of Topliss-reactive ketones (excluding diaryl/α,β-unsaturated/α-hetero) is 1. The van der Waals surface area contributed by atoms with Crippen molar-refractivity contribution in [1.29, 1.82) is 0 Å². The summed E-state index contributed by atoms with van der Waals surface area (Å²) in [5.41, 5.74) is 1.79. The van der Waals surface area contributed by atoms with E-state index in [-0.39, 0.29) is 12.4 Å². The number of benzene rings is 2. The van der Waals surface area contributed by atoms with Crippen LogP contribution in [0.4, 0.5) is 0 Å². The second-order valence-corrected chi connectivity index (χ2v) is 5.57. The molecule has 120 valence electrons. The topological polar surface area (TPSA) is 52.6 Å². The normalized spacial score (nSPS) is 10.4. The lowest BCUT2D eigenvalue weighted by molar-refractivity contribution is -0.136. The minimum Gasteiger partial charge on any atom is -0.482 e. The van der Waals surface area contributed by atoms with Gasteiger partial charge in [-0.05, 0) is 54.8 Å². The van der Waals surface area contributed by atoms with E-state index in [1.54, 1.807) is 24.3 Å². The molecule has 2 aromatic carbocycles. The summed E-state index contributed by atoms with van der Waals surface area (Å²) in [6.45, 7) is 5.55. The quantitative estimate of drug-likeness (QED) is 0.459. The van der Waals surface area contributed by atoms with Crippen LogP contribution in [0.15, 0.2) is 48.5 Å². The zero-order valence-electron chi connectivity index (χ0n) is 13.5. The van der Waals surface area contributed by atoms with Gasteiger partial charge in [0.05, 0.1) is 0 Å². The van der Waals surface area contributed by atoms with Crippen molar-refractivity contribution in [3.63, 3.8) is 0 Å². The molecule has 0 atom stereocenters. The van der Waals surface area contributed by atoms with Crippen LogP contribution in [0, 0.1) is 0 Å². The fraction of sp³-hybridized carbons (Fsp3) is 0.263. The van der Waals surface area contributed by atoms with E-state index in [1.807, 2.05) is 24.3 Å². The van der Waals surface area contributed by atoms with E-state index in [0.717, 1.165) is 0 Å². The maximum absolute atomic E-state index is 11.8. The maximum Gasteiger partial charge on any atom is 0.349 e. The molecule has 0 aromatic heterocycles. The van der Waals surface area contributed by atoms with E-state index >= 15 is 0 Å². The van der Waals surface area contributed by atoms with Crippen LogP contribution < -0.4 is 9.47 Å². The highest BCUT2D eigenvalue weighted by Gasteiger charge is 2.07. The molecule has 0 aliphatic heterocycles. The molecule has 0 unspecified atom stereocenters. The molecular formula is C19H20O4. The summed E-state index contributed by atoms with van der Waals surface area (Å²) in [7, 11) is 0. The molecular weight excluding hydrogens is 292 g/mol. The summed E-state index contributed by atoms with van der Waals surface area (Å²) in [5.74, 6) is 0.939. The SMILES string of the molecule is CC(=O)c1ccc(OC(=O)COc2ccc(C(C)C)cc2)cc1. The van der Waals surface area contributed by atoms with Gasteiger partial charge in [0.25, 0.3) is 0 Å². The monoisotopic (exact) mass is 312 g/mol. The Morgan fingerprint density at radius 1 is 0.913 bits per heavy atom. The van der Waals surface area contributed by atoms with Gasteiger partial charge in [0.2, 0.25) is 0 Å². The maximum atomic E-state index is 11.8. The average molecular weight is 312 g/mol. The number of rotatable bonds is 6. The first-order chi connectivity index (χ1) is 11.0. The van der Waals surface area contributed by atoms with Crippen LogP contribution in [-0.4, -0.2) is 18.4 Å². The van der Waals surface area contributed by atoms with E-state index in [1.165, 1.54) is 12.5 Å². The Kier molecular flexibility index (Phi) is 5.52. The molecule has 0 radical (unpaired) electrons. The molecule has 0 saturated heterocycles. The summed E-state index contributed by atoms with van der Waals surface area (Å²) < 4.78 is 10.6. The van der Waals surface area contributed by atoms with Gasteiger partial charge in [-0.3, -0.25) is 4.79 Å². The third-order valence-corrected chi connectivity index (χ3v) is 3.40. The van der Waals surface area contributed by atoms with Gasteiger partial charge in [0, 0.05) is 5.56 Å². The minimum atomic E-state index is -0.492. The van der Waals surface area contributed by atoms with Gasteiger partial charge in [-0.15, -0.1) is 0 Å². The van der Waals surface area contributed by atoms with E-state index in [2.05, 4.69) is 13.8 Å². The number of esters is 1. The molecule has 0 heterocycles. The highest BCUT2D eigenvalue weighted by atomic mass is 16.6. The number of carbonyl (C=O) groups is 2. The lowest BCUT2D eigenvalue weighted by atomic mass is 10.0. The van der Waals surface area contributed by atoms with Crippen LogP contribution >= 0.6 is 0 Å². The standard InChI is InChI=1S/C19H20O4/c1-13(2)15-4-8-17(9-5-15)22-12-19(21)23-18-10-6-16(7-11-18)14(3)20/h4-11,13H,12H2,1-3H3. The van der Waals surface area contributed by atoms with Gasteiger partial charge >= 0.3 is 5.97 Å². The Labute approximate surface area is 136 Å². The molecule has 0 aliphatic carbocycles. The van der Waals surface area contributed by atoms with Crippen molar-refractivity contribution in [2.75, 3.05) is 6.61 Å². The summed E-state index contributed by atoms with van der Waals surface area (Å²) in [6, 6.07) is 14.1. The van der Waals surface area contributed by atoms with Crippen molar-refractivity contribution in [2.24, 2.45) is 0 Å². The van der Waals surface area contributed by atoms with Crippen molar-refractivity contribution < 1.29 is 19.1 Å². The molecule has 0 aliphatic rings. The van der Waals surface area contributed by atoms with E-state index in [9.17, 15) is 9.59 Å². The summed E-state index contributed by atoms with van der Waals surface area (Å²) in [6.07, 6.45) is 0.